The molecule has 0 aliphatic heterocycles. The van der Waals surface area contributed by atoms with Gasteiger partial charge in [0, 0.05) is 48.0 Å². The smallest absolute Gasteiger partial charge is 0.203 e. The molecule has 3 aliphatic carbocycles. The maximum Gasteiger partial charge on any atom is 0.203 e. The molecule has 0 aromatic heterocycles. The molecule has 0 saturated heterocycles. The molecule has 1 fully saturated rings. The summed E-state index contributed by atoms with van der Waals surface area (Å²) in [7, 11) is 0. The maximum absolute atomic E-state index is 14.5. The number of benzene rings is 2. The van der Waals surface area contributed by atoms with E-state index in [1.54, 1.807) is 40.7 Å². The van der Waals surface area contributed by atoms with Gasteiger partial charge < -0.3 is 20.4 Å². The minimum atomic E-state index is -2.67. The SMILES string of the molecule is CCC(=O)CCC(=O)Cc1ccc(-c2ccc(O)c3c2C[C@]2(C)C[C@]4(C)C(C(C)C)C(=O)C(C(C)=O)=C(O)[C@]4(O)C(=O)C2=C3O)cc1. The van der Waals surface area contributed by atoms with Crippen LogP contribution in [-0.2, 0) is 36.8 Å². The first-order valence-electron chi connectivity index (χ1n) is 16.1. The van der Waals surface area contributed by atoms with E-state index in [0.717, 1.165) is 18.1 Å². The summed E-state index contributed by atoms with van der Waals surface area (Å²) in [5.74, 6) is -5.62. The number of hydrogen-bond acceptors (Lipinski definition) is 9. The van der Waals surface area contributed by atoms with E-state index < -0.39 is 62.7 Å². The number of aromatic hydroxyl groups is 1. The predicted molar refractivity (Wildman–Crippen MR) is 174 cm³/mol. The van der Waals surface area contributed by atoms with Crippen LogP contribution in [0, 0.1) is 22.7 Å². The molecule has 4 atom stereocenters. The maximum atomic E-state index is 14.5. The molecule has 9 heteroatoms. The Labute approximate surface area is 274 Å². The molecule has 0 spiro atoms. The number of allylic oxidation sites excluding steroid dienone is 1. The van der Waals surface area contributed by atoms with Crippen molar-refractivity contribution in [3.63, 3.8) is 0 Å². The van der Waals surface area contributed by atoms with Crippen molar-refractivity contribution in [3.8, 4) is 16.9 Å². The molecule has 5 rings (SSSR count). The molecule has 0 bridgehead atoms. The van der Waals surface area contributed by atoms with E-state index in [-0.39, 0.29) is 60.6 Å². The lowest BCUT2D eigenvalue weighted by Gasteiger charge is -2.59. The van der Waals surface area contributed by atoms with Crippen molar-refractivity contribution in [2.75, 3.05) is 0 Å². The van der Waals surface area contributed by atoms with Crippen LogP contribution in [-0.4, -0.2) is 54.9 Å². The van der Waals surface area contributed by atoms with Gasteiger partial charge in [-0.25, -0.2) is 0 Å². The Kier molecular flexibility index (Phi) is 8.46. The second-order valence-corrected chi connectivity index (χ2v) is 14.3. The van der Waals surface area contributed by atoms with Crippen LogP contribution in [0.2, 0.25) is 0 Å². The molecule has 2 aromatic carbocycles. The molecule has 9 nitrogen and oxygen atoms in total. The average molecular weight is 643 g/mol. The van der Waals surface area contributed by atoms with Gasteiger partial charge in [0.15, 0.2) is 17.2 Å². The Hall–Kier alpha value is -4.37. The quantitative estimate of drug-likeness (QED) is 0.250. The normalized spacial score (nSPS) is 27.0. The molecular weight excluding hydrogens is 600 g/mol. The highest BCUT2D eigenvalue weighted by Crippen LogP contribution is 2.65. The van der Waals surface area contributed by atoms with Gasteiger partial charge in [0.2, 0.25) is 5.78 Å². The van der Waals surface area contributed by atoms with Crippen LogP contribution in [0.4, 0.5) is 0 Å². The third kappa shape index (κ3) is 5.06. The highest BCUT2D eigenvalue weighted by molar-refractivity contribution is 6.24. The molecule has 0 amide bonds. The first kappa shape index (κ1) is 34.0. The molecule has 1 saturated carbocycles. The van der Waals surface area contributed by atoms with Crippen LogP contribution in [0.3, 0.4) is 0 Å². The zero-order chi connectivity index (χ0) is 34.8. The highest BCUT2D eigenvalue weighted by atomic mass is 16.3. The number of hydrogen-bond donors (Lipinski definition) is 4. The molecule has 3 aliphatic rings. The van der Waals surface area contributed by atoms with Gasteiger partial charge in [0.05, 0.1) is 5.56 Å². The number of rotatable bonds is 9. The molecule has 248 valence electrons. The van der Waals surface area contributed by atoms with E-state index >= 15 is 0 Å². The molecule has 47 heavy (non-hydrogen) atoms. The summed E-state index contributed by atoms with van der Waals surface area (Å²) >= 11 is 0. The van der Waals surface area contributed by atoms with E-state index in [1.165, 1.54) is 6.07 Å². The monoisotopic (exact) mass is 642 g/mol. The van der Waals surface area contributed by atoms with E-state index in [0.29, 0.717) is 17.5 Å². The Morgan fingerprint density at radius 2 is 1.55 bits per heavy atom. The van der Waals surface area contributed by atoms with Gasteiger partial charge in [-0.1, -0.05) is 65.0 Å². The summed E-state index contributed by atoms with van der Waals surface area (Å²) in [6.45, 7) is 9.73. The summed E-state index contributed by atoms with van der Waals surface area (Å²) in [4.78, 5) is 64.8. The number of carbonyl (C=O) groups excluding carboxylic acids is 5. The Morgan fingerprint density at radius 1 is 0.936 bits per heavy atom. The summed E-state index contributed by atoms with van der Waals surface area (Å²) < 4.78 is 0. The van der Waals surface area contributed by atoms with Crippen molar-refractivity contribution in [1.29, 1.82) is 0 Å². The third-order valence-corrected chi connectivity index (χ3v) is 10.6. The van der Waals surface area contributed by atoms with Crippen LogP contribution >= 0.6 is 0 Å². The number of ketones is 5. The van der Waals surface area contributed by atoms with Gasteiger partial charge in [0.25, 0.3) is 0 Å². The number of carbonyl (C=O) groups is 5. The fourth-order valence-corrected chi connectivity index (χ4v) is 8.56. The van der Waals surface area contributed by atoms with Crippen molar-refractivity contribution >= 4 is 34.7 Å². The van der Waals surface area contributed by atoms with E-state index in [1.807, 2.05) is 24.3 Å². The van der Waals surface area contributed by atoms with Gasteiger partial charge in [-0.05, 0) is 54.0 Å². The minimum Gasteiger partial charge on any atom is -0.508 e. The van der Waals surface area contributed by atoms with Gasteiger partial charge in [-0.2, -0.15) is 0 Å². The van der Waals surface area contributed by atoms with Crippen molar-refractivity contribution < 1.29 is 44.4 Å². The van der Waals surface area contributed by atoms with Crippen molar-refractivity contribution in [2.45, 2.75) is 85.7 Å². The topological polar surface area (TPSA) is 166 Å². The molecule has 2 aromatic rings. The largest absolute Gasteiger partial charge is 0.508 e. The third-order valence-electron chi connectivity index (χ3n) is 10.6. The van der Waals surface area contributed by atoms with Crippen LogP contribution < -0.4 is 0 Å². The second kappa shape index (κ2) is 11.7. The fourth-order valence-electron chi connectivity index (χ4n) is 8.56. The van der Waals surface area contributed by atoms with E-state index in [9.17, 15) is 44.4 Å². The van der Waals surface area contributed by atoms with Crippen LogP contribution in [0.5, 0.6) is 5.75 Å². The highest BCUT2D eigenvalue weighted by Gasteiger charge is 2.72. The Morgan fingerprint density at radius 3 is 2.13 bits per heavy atom. The van der Waals surface area contributed by atoms with Crippen molar-refractivity contribution in [1.82, 2.24) is 0 Å². The van der Waals surface area contributed by atoms with Gasteiger partial charge in [-0.3, -0.25) is 24.0 Å². The molecular formula is C38H42O9. The van der Waals surface area contributed by atoms with E-state index in [2.05, 4.69) is 0 Å². The van der Waals surface area contributed by atoms with Gasteiger partial charge >= 0.3 is 0 Å². The summed E-state index contributed by atoms with van der Waals surface area (Å²) in [6, 6.07) is 10.4. The summed E-state index contributed by atoms with van der Waals surface area (Å²) in [6.07, 6.45) is 1.14. The first-order valence-corrected chi connectivity index (χ1v) is 16.1. The average Bonchev–Trinajstić information content (AvgIpc) is 2.98. The summed E-state index contributed by atoms with van der Waals surface area (Å²) in [5.41, 5.74) is -3.36. The lowest BCUT2D eigenvalue weighted by molar-refractivity contribution is -0.178. The van der Waals surface area contributed by atoms with Crippen LogP contribution in [0.1, 0.15) is 83.9 Å². The number of fused-ring (bicyclic) bond motifs is 3. The number of aliphatic hydroxyl groups is 3. The lowest BCUT2D eigenvalue weighted by atomic mass is 9.43. The Balaban J connectivity index is 1.61. The fraction of sp³-hybridized carbons (Fsp3) is 0.447. The first-order chi connectivity index (χ1) is 21.9. The Bertz CT molecular complexity index is 1790. The number of Topliss-reactive ketones (excluding diaryl/α,β-unsaturated/α-hetero) is 5. The zero-order valence-corrected chi connectivity index (χ0v) is 27.7. The lowest BCUT2D eigenvalue weighted by Crippen LogP contribution is -2.69. The number of aliphatic hydroxyl groups excluding tert-OH is 2. The summed E-state index contributed by atoms with van der Waals surface area (Å²) in [5, 5.41) is 46.3. The zero-order valence-electron chi connectivity index (χ0n) is 27.7. The predicted octanol–water partition coefficient (Wildman–Crippen LogP) is 5.73. The van der Waals surface area contributed by atoms with Crippen LogP contribution in [0.25, 0.3) is 16.9 Å². The molecule has 1 unspecified atom stereocenters. The van der Waals surface area contributed by atoms with Gasteiger partial charge in [0.1, 0.15) is 34.4 Å². The molecule has 0 heterocycles. The minimum absolute atomic E-state index is 0.00157. The molecule has 4 N–H and O–H groups in total. The number of phenolic OH excluding ortho intramolecular Hbond substituents is 1. The number of phenols is 1. The van der Waals surface area contributed by atoms with E-state index in [4.69, 9.17) is 0 Å². The second-order valence-electron chi connectivity index (χ2n) is 14.3. The standard InChI is InChI=1S/C38H42O9/c1-7-23(40)12-13-24(41)16-21-8-10-22(11-9-21)25-14-15-27(42)29-26(25)17-36(5)18-37(6)30(19(2)3)32(43)28(20(4)39)34(45)38(37,47)35(46)31(36)33(29)44/h8-11,14-15,19,30,42,44-45,47H,7,12-13,16-18H2,1-6H3/t30?,36-,37-,38+/m1/s1. The van der Waals surface area contributed by atoms with Crippen LogP contribution in [0.15, 0.2) is 53.3 Å². The van der Waals surface area contributed by atoms with Gasteiger partial charge in [-0.15, -0.1) is 0 Å². The van der Waals surface area contributed by atoms with Crippen molar-refractivity contribution in [2.24, 2.45) is 22.7 Å². The molecule has 0 radical (unpaired) electrons. The van der Waals surface area contributed by atoms with Crippen molar-refractivity contribution in [3.05, 3.63) is 70.0 Å².